The maximum absolute atomic E-state index is 14.3. The average Bonchev–Trinajstić information content (AvgIpc) is 2.40. The summed E-state index contributed by atoms with van der Waals surface area (Å²) in [6.07, 6.45) is 0. The topological polar surface area (TPSA) is 49.6 Å². The van der Waals surface area contributed by atoms with Gasteiger partial charge in [-0.3, -0.25) is 4.79 Å². The van der Waals surface area contributed by atoms with E-state index in [4.69, 9.17) is 5.73 Å². The van der Waals surface area contributed by atoms with E-state index in [9.17, 15) is 13.6 Å². The third kappa shape index (κ3) is 2.46. The Morgan fingerprint density at radius 2 is 1.90 bits per heavy atom. The molecule has 2 rings (SSSR count). The van der Waals surface area contributed by atoms with E-state index in [0.29, 0.717) is 13.1 Å². The number of anilines is 1. The molecule has 0 spiro atoms. The lowest BCUT2D eigenvalue weighted by Crippen LogP contribution is -2.62. The molecule has 0 aliphatic carbocycles. The van der Waals surface area contributed by atoms with Gasteiger partial charge < -0.3 is 15.5 Å². The van der Waals surface area contributed by atoms with Gasteiger partial charge in [-0.25, -0.2) is 8.78 Å². The number of likely N-dealkylation sites (N-methyl/N-ethyl adjacent to an activating group) is 1. The monoisotopic (exact) mass is 313 g/mol. The van der Waals surface area contributed by atoms with E-state index in [0.717, 1.165) is 0 Å². The first kappa shape index (κ1) is 15.6. The number of nitrogens with zero attached hydrogens (tertiary/aromatic N) is 2. The molecule has 1 aliphatic rings. The van der Waals surface area contributed by atoms with Crippen LogP contribution in [0.1, 0.15) is 19.4 Å². The minimum Gasteiger partial charge on any atom is -0.389 e. The third-order valence-corrected chi connectivity index (χ3v) is 4.04. The quantitative estimate of drug-likeness (QED) is 0.844. The van der Waals surface area contributed by atoms with Gasteiger partial charge in [-0.1, -0.05) is 12.2 Å². The molecule has 1 aliphatic heterocycles. The smallest absolute Gasteiger partial charge is 0.247 e. The first-order valence-corrected chi connectivity index (χ1v) is 6.89. The van der Waals surface area contributed by atoms with E-state index < -0.39 is 17.2 Å². The van der Waals surface area contributed by atoms with Crippen LogP contribution in [-0.4, -0.2) is 41.5 Å². The highest BCUT2D eigenvalue weighted by atomic mass is 32.1. The molecule has 4 nitrogen and oxygen atoms in total. The molecule has 21 heavy (non-hydrogen) atoms. The minimum absolute atomic E-state index is 0.0407. The van der Waals surface area contributed by atoms with Crippen LogP contribution in [0.15, 0.2) is 12.1 Å². The molecule has 0 unspecified atom stereocenters. The predicted molar refractivity (Wildman–Crippen MR) is 81.3 cm³/mol. The van der Waals surface area contributed by atoms with Crippen LogP contribution < -0.4 is 10.6 Å². The van der Waals surface area contributed by atoms with Gasteiger partial charge in [0.15, 0.2) is 11.6 Å². The largest absolute Gasteiger partial charge is 0.389 e. The van der Waals surface area contributed by atoms with Crippen LogP contribution in [0.4, 0.5) is 14.5 Å². The fourth-order valence-electron chi connectivity index (χ4n) is 2.57. The maximum atomic E-state index is 14.3. The Hall–Kier alpha value is -1.76. The third-order valence-electron chi connectivity index (χ3n) is 3.82. The molecule has 1 amide bonds. The first-order valence-electron chi connectivity index (χ1n) is 6.49. The van der Waals surface area contributed by atoms with Crippen LogP contribution in [0.3, 0.4) is 0 Å². The number of thiocarbonyl (C=S) groups is 1. The number of benzene rings is 1. The molecule has 0 saturated carbocycles. The van der Waals surface area contributed by atoms with Crippen molar-refractivity contribution < 1.29 is 13.6 Å². The molecule has 0 aromatic heterocycles. The Balaban J connectivity index is 2.50. The van der Waals surface area contributed by atoms with Gasteiger partial charge in [0.1, 0.15) is 10.5 Å². The normalized spacial score (nSPS) is 18.0. The van der Waals surface area contributed by atoms with Gasteiger partial charge in [-0.05, 0) is 26.0 Å². The highest BCUT2D eigenvalue weighted by Crippen LogP contribution is 2.32. The van der Waals surface area contributed by atoms with Crippen molar-refractivity contribution in [3.05, 3.63) is 29.3 Å². The Morgan fingerprint density at radius 1 is 1.29 bits per heavy atom. The number of amides is 1. The van der Waals surface area contributed by atoms with Gasteiger partial charge in [0, 0.05) is 25.7 Å². The van der Waals surface area contributed by atoms with Gasteiger partial charge in [0.25, 0.3) is 0 Å². The zero-order valence-corrected chi connectivity index (χ0v) is 12.9. The Kier molecular flexibility index (Phi) is 3.88. The van der Waals surface area contributed by atoms with E-state index >= 15 is 0 Å². The van der Waals surface area contributed by atoms with Crippen LogP contribution >= 0.6 is 12.2 Å². The minimum atomic E-state index is -1.08. The molecule has 114 valence electrons. The van der Waals surface area contributed by atoms with Crippen LogP contribution in [0.5, 0.6) is 0 Å². The maximum Gasteiger partial charge on any atom is 0.247 e. The summed E-state index contributed by atoms with van der Waals surface area (Å²) in [6.45, 7) is 4.23. The summed E-state index contributed by atoms with van der Waals surface area (Å²) in [5, 5.41) is 0. The summed E-state index contributed by atoms with van der Waals surface area (Å²) < 4.78 is 28.3. The second kappa shape index (κ2) is 5.22. The van der Waals surface area contributed by atoms with Crippen LogP contribution in [0.2, 0.25) is 0 Å². The van der Waals surface area contributed by atoms with Crippen molar-refractivity contribution in [3.63, 3.8) is 0 Å². The number of hydrogen-bond acceptors (Lipinski definition) is 3. The summed E-state index contributed by atoms with van der Waals surface area (Å²) in [5.41, 5.74) is 4.31. The highest BCUT2D eigenvalue weighted by molar-refractivity contribution is 7.80. The zero-order chi connectivity index (χ0) is 15.9. The second-order valence-electron chi connectivity index (χ2n) is 5.56. The summed E-state index contributed by atoms with van der Waals surface area (Å²) in [7, 11) is 1.69. The second-order valence-corrected chi connectivity index (χ2v) is 6.00. The van der Waals surface area contributed by atoms with Crippen LogP contribution in [-0.2, 0) is 4.79 Å². The average molecular weight is 313 g/mol. The highest BCUT2D eigenvalue weighted by Gasteiger charge is 2.41. The number of carbonyl (C=O) groups is 1. The molecular formula is C14H17F2N3OS. The van der Waals surface area contributed by atoms with Gasteiger partial charge in [-0.15, -0.1) is 0 Å². The lowest BCUT2D eigenvalue weighted by atomic mass is 9.96. The molecule has 1 aromatic carbocycles. The number of rotatable bonds is 2. The van der Waals surface area contributed by atoms with E-state index in [1.54, 1.807) is 30.7 Å². The van der Waals surface area contributed by atoms with Gasteiger partial charge >= 0.3 is 0 Å². The van der Waals surface area contributed by atoms with Crippen LogP contribution in [0.25, 0.3) is 0 Å². The van der Waals surface area contributed by atoms with Crippen molar-refractivity contribution in [2.24, 2.45) is 5.73 Å². The van der Waals surface area contributed by atoms with Crippen molar-refractivity contribution in [2.75, 3.05) is 25.0 Å². The van der Waals surface area contributed by atoms with E-state index in [1.807, 2.05) is 0 Å². The predicted octanol–water partition coefficient (Wildman–Crippen LogP) is 1.66. The number of halogens is 2. The Bertz CT molecular complexity index is 618. The van der Waals surface area contributed by atoms with Gasteiger partial charge in [-0.2, -0.15) is 0 Å². The number of hydrogen-bond donors (Lipinski definition) is 1. The molecule has 1 saturated heterocycles. The fraction of sp³-hybridized carbons (Fsp3) is 0.429. The van der Waals surface area contributed by atoms with Crippen molar-refractivity contribution in [1.82, 2.24) is 4.90 Å². The molecule has 2 N–H and O–H groups in total. The first-order chi connectivity index (χ1) is 9.67. The summed E-state index contributed by atoms with van der Waals surface area (Å²) in [6, 6.07) is 2.75. The summed E-state index contributed by atoms with van der Waals surface area (Å²) >= 11 is 4.68. The SMILES string of the molecule is CN1CCN(c2ccc(C(N)=S)c(F)c2F)C(C)(C)C1=O. The molecule has 0 radical (unpaired) electrons. The van der Waals surface area contributed by atoms with Crippen LogP contribution in [0, 0.1) is 11.6 Å². The van der Waals surface area contributed by atoms with Crippen molar-refractivity contribution in [3.8, 4) is 0 Å². The molecule has 1 heterocycles. The lowest BCUT2D eigenvalue weighted by molar-refractivity contribution is -0.136. The molecule has 1 fully saturated rings. The Labute approximate surface area is 127 Å². The van der Waals surface area contributed by atoms with Crippen molar-refractivity contribution >= 4 is 28.8 Å². The number of carbonyl (C=O) groups excluding carboxylic acids is 1. The van der Waals surface area contributed by atoms with E-state index in [1.165, 1.54) is 12.1 Å². The van der Waals surface area contributed by atoms with E-state index in [2.05, 4.69) is 12.2 Å². The van der Waals surface area contributed by atoms with E-state index in [-0.39, 0.29) is 22.1 Å². The fourth-order valence-corrected chi connectivity index (χ4v) is 2.73. The molecular weight excluding hydrogens is 296 g/mol. The molecule has 0 bridgehead atoms. The molecule has 1 aromatic rings. The standard InChI is InChI=1S/C14H17F2N3OS/c1-14(2)13(20)18(3)6-7-19(14)9-5-4-8(12(17)21)10(15)11(9)16/h4-5H,6-7H2,1-3H3,(H2,17,21). The Morgan fingerprint density at radius 3 is 2.48 bits per heavy atom. The number of nitrogens with two attached hydrogens (primary N) is 1. The molecule has 7 heteroatoms. The zero-order valence-electron chi connectivity index (χ0n) is 12.1. The molecule has 0 atom stereocenters. The van der Waals surface area contributed by atoms with Gasteiger partial charge in [0.2, 0.25) is 5.91 Å². The van der Waals surface area contributed by atoms with Gasteiger partial charge in [0.05, 0.1) is 5.69 Å². The number of piperazine rings is 1. The summed E-state index contributed by atoms with van der Waals surface area (Å²) in [5.74, 6) is -2.26. The lowest BCUT2D eigenvalue weighted by Gasteiger charge is -2.46. The van der Waals surface area contributed by atoms with Crippen molar-refractivity contribution in [2.45, 2.75) is 19.4 Å². The van der Waals surface area contributed by atoms with Crippen molar-refractivity contribution in [1.29, 1.82) is 0 Å². The summed E-state index contributed by atoms with van der Waals surface area (Å²) in [4.78, 5) is 15.2.